The van der Waals surface area contributed by atoms with E-state index in [9.17, 15) is 22.0 Å². The number of ether oxygens (including phenoxy) is 1. The highest BCUT2D eigenvalue weighted by molar-refractivity contribution is 6.31. The van der Waals surface area contributed by atoms with Gasteiger partial charge in [0.1, 0.15) is 5.75 Å². The van der Waals surface area contributed by atoms with Gasteiger partial charge >= 0.3 is 6.36 Å². The zero-order valence-corrected chi connectivity index (χ0v) is 11.1. The Kier molecular flexibility index (Phi) is 4.37. The van der Waals surface area contributed by atoms with Gasteiger partial charge < -0.3 is 4.74 Å². The predicted molar refractivity (Wildman–Crippen MR) is 68.5 cm³/mol. The van der Waals surface area contributed by atoms with Crippen LogP contribution in [0.1, 0.15) is 12.0 Å². The number of para-hydroxylation sites is 1. The molecule has 0 aliphatic rings. The van der Waals surface area contributed by atoms with Crippen LogP contribution in [0.4, 0.5) is 22.0 Å². The minimum absolute atomic E-state index is 0.109. The zero-order chi connectivity index (χ0) is 15.6. The van der Waals surface area contributed by atoms with Crippen LogP contribution >= 0.6 is 11.6 Å². The third kappa shape index (κ3) is 3.85. The quantitative estimate of drug-likeness (QED) is 0.645. The van der Waals surface area contributed by atoms with E-state index in [1.54, 1.807) is 0 Å². The summed E-state index contributed by atoms with van der Waals surface area (Å²) < 4.78 is 66.1. The number of halogens is 6. The molecule has 0 aromatic heterocycles. The molecule has 0 radical (unpaired) electrons. The van der Waals surface area contributed by atoms with Crippen molar-refractivity contribution in [3.05, 3.63) is 53.1 Å². The minimum Gasteiger partial charge on any atom is -0.405 e. The lowest BCUT2D eigenvalue weighted by molar-refractivity contribution is -0.274. The number of hydrogen-bond donors (Lipinski definition) is 0. The van der Waals surface area contributed by atoms with Crippen molar-refractivity contribution in [1.29, 1.82) is 0 Å². The fourth-order valence-corrected chi connectivity index (χ4v) is 2.05. The standard InChI is InChI=1S/C14H8ClF5O/c15-11-7-8(5-6-10(11)13(16)17)9-3-1-2-4-12(9)21-14(18,19)20/h1-7,13H. The maximum absolute atomic E-state index is 12.6. The Balaban J connectivity index is 2.45. The molecule has 2 rings (SSSR count). The highest BCUT2D eigenvalue weighted by atomic mass is 35.5. The van der Waals surface area contributed by atoms with Crippen molar-refractivity contribution in [1.82, 2.24) is 0 Å². The van der Waals surface area contributed by atoms with E-state index in [4.69, 9.17) is 11.6 Å². The molecule has 0 bridgehead atoms. The SMILES string of the molecule is FC(F)c1ccc(-c2ccccc2OC(F)(F)F)cc1Cl. The number of hydrogen-bond acceptors (Lipinski definition) is 1. The summed E-state index contributed by atoms with van der Waals surface area (Å²) in [6, 6.07) is 8.93. The van der Waals surface area contributed by atoms with Crippen LogP contribution in [0.15, 0.2) is 42.5 Å². The van der Waals surface area contributed by atoms with Crippen molar-refractivity contribution in [2.45, 2.75) is 12.8 Å². The van der Waals surface area contributed by atoms with Gasteiger partial charge in [0.15, 0.2) is 0 Å². The van der Waals surface area contributed by atoms with Crippen LogP contribution in [0.25, 0.3) is 11.1 Å². The summed E-state index contributed by atoms with van der Waals surface area (Å²) in [6.45, 7) is 0. The Morgan fingerprint density at radius 1 is 1.00 bits per heavy atom. The molecule has 0 saturated heterocycles. The van der Waals surface area contributed by atoms with Gasteiger partial charge in [-0.05, 0) is 17.7 Å². The van der Waals surface area contributed by atoms with Gasteiger partial charge in [-0.1, -0.05) is 41.9 Å². The van der Waals surface area contributed by atoms with Gasteiger partial charge in [0.25, 0.3) is 6.43 Å². The van der Waals surface area contributed by atoms with Crippen LogP contribution in [-0.4, -0.2) is 6.36 Å². The smallest absolute Gasteiger partial charge is 0.405 e. The topological polar surface area (TPSA) is 9.23 Å². The van der Waals surface area contributed by atoms with Crippen molar-refractivity contribution in [3.63, 3.8) is 0 Å². The van der Waals surface area contributed by atoms with Gasteiger partial charge in [0.05, 0.1) is 5.02 Å². The molecule has 0 spiro atoms. The molecule has 0 saturated carbocycles. The first-order chi connectivity index (χ1) is 9.78. The third-order valence-corrected chi connectivity index (χ3v) is 2.99. The van der Waals surface area contributed by atoms with E-state index in [0.29, 0.717) is 0 Å². The second-order valence-corrected chi connectivity index (χ2v) is 4.49. The first-order valence-electron chi connectivity index (χ1n) is 5.70. The van der Waals surface area contributed by atoms with E-state index in [1.165, 1.54) is 30.3 Å². The Morgan fingerprint density at radius 2 is 1.67 bits per heavy atom. The molecule has 2 aromatic carbocycles. The van der Waals surface area contributed by atoms with Gasteiger partial charge in [-0.25, -0.2) is 8.78 Å². The molecule has 0 N–H and O–H groups in total. The molecule has 0 fully saturated rings. The molecule has 2 aromatic rings. The third-order valence-electron chi connectivity index (χ3n) is 2.66. The Labute approximate surface area is 121 Å². The lowest BCUT2D eigenvalue weighted by Gasteiger charge is -2.14. The molecule has 0 amide bonds. The Bertz CT molecular complexity index is 640. The molecule has 0 aliphatic heterocycles. The molecule has 0 aliphatic carbocycles. The number of rotatable bonds is 3. The number of benzene rings is 2. The van der Waals surface area contributed by atoms with E-state index >= 15 is 0 Å². The molecular formula is C14H8ClF5O. The van der Waals surface area contributed by atoms with Gasteiger partial charge in [0, 0.05) is 11.1 Å². The summed E-state index contributed by atoms with van der Waals surface area (Å²) >= 11 is 5.72. The molecular weight excluding hydrogens is 315 g/mol. The second-order valence-electron chi connectivity index (χ2n) is 4.08. The van der Waals surface area contributed by atoms with E-state index in [2.05, 4.69) is 4.74 Å². The molecule has 112 valence electrons. The van der Waals surface area contributed by atoms with Crippen molar-refractivity contribution in [2.24, 2.45) is 0 Å². The average Bonchev–Trinajstić information content (AvgIpc) is 2.36. The summed E-state index contributed by atoms with van der Waals surface area (Å²) in [5.74, 6) is -0.425. The van der Waals surface area contributed by atoms with Gasteiger partial charge in [-0.2, -0.15) is 0 Å². The van der Waals surface area contributed by atoms with E-state index in [0.717, 1.165) is 12.1 Å². The summed E-state index contributed by atoms with van der Waals surface area (Å²) in [6.07, 6.45) is -7.60. The highest BCUT2D eigenvalue weighted by Crippen LogP contribution is 2.37. The Morgan fingerprint density at radius 3 is 2.24 bits per heavy atom. The fraction of sp³-hybridized carbons (Fsp3) is 0.143. The lowest BCUT2D eigenvalue weighted by Crippen LogP contribution is -2.17. The van der Waals surface area contributed by atoms with Crippen LogP contribution in [0.5, 0.6) is 5.75 Å². The highest BCUT2D eigenvalue weighted by Gasteiger charge is 2.32. The van der Waals surface area contributed by atoms with Gasteiger partial charge in [-0.3, -0.25) is 0 Å². The van der Waals surface area contributed by atoms with Crippen molar-refractivity contribution in [3.8, 4) is 16.9 Å². The second kappa shape index (κ2) is 5.89. The van der Waals surface area contributed by atoms with Gasteiger partial charge in [-0.15, -0.1) is 13.2 Å². The van der Waals surface area contributed by atoms with Gasteiger partial charge in [0.2, 0.25) is 0 Å². The fourth-order valence-electron chi connectivity index (χ4n) is 1.79. The van der Waals surface area contributed by atoms with Crippen LogP contribution < -0.4 is 4.74 Å². The van der Waals surface area contributed by atoms with Crippen LogP contribution in [0.2, 0.25) is 5.02 Å². The average molecular weight is 323 g/mol. The van der Waals surface area contributed by atoms with Crippen LogP contribution in [0, 0.1) is 0 Å². The van der Waals surface area contributed by atoms with Crippen molar-refractivity contribution in [2.75, 3.05) is 0 Å². The Hall–Kier alpha value is -1.82. The van der Waals surface area contributed by atoms with Crippen molar-refractivity contribution >= 4 is 11.6 Å². The lowest BCUT2D eigenvalue weighted by atomic mass is 10.0. The van der Waals surface area contributed by atoms with E-state index in [1.807, 2.05) is 0 Å². The van der Waals surface area contributed by atoms with Crippen LogP contribution in [-0.2, 0) is 0 Å². The molecule has 21 heavy (non-hydrogen) atoms. The molecule has 0 heterocycles. The summed E-state index contributed by atoms with van der Waals surface area (Å²) in [7, 11) is 0. The molecule has 1 nitrogen and oxygen atoms in total. The minimum atomic E-state index is -4.84. The van der Waals surface area contributed by atoms with E-state index < -0.39 is 18.5 Å². The summed E-state index contributed by atoms with van der Waals surface area (Å²) in [5, 5.41) is -0.218. The monoisotopic (exact) mass is 322 g/mol. The maximum Gasteiger partial charge on any atom is 0.573 e. The normalized spacial score (nSPS) is 11.8. The summed E-state index contributed by atoms with van der Waals surface area (Å²) in [4.78, 5) is 0. The molecule has 7 heteroatoms. The molecule has 0 unspecified atom stereocenters. The predicted octanol–water partition coefficient (Wildman–Crippen LogP) is 5.84. The first kappa shape index (κ1) is 15.6. The summed E-state index contributed by atoms with van der Waals surface area (Å²) in [5.41, 5.74) is -0.0172. The first-order valence-corrected chi connectivity index (χ1v) is 6.08. The van der Waals surface area contributed by atoms with Crippen molar-refractivity contribution < 1.29 is 26.7 Å². The molecule has 0 atom stereocenters. The number of alkyl halides is 5. The zero-order valence-electron chi connectivity index (χ0n) is 10.3. The van der Waals surface area contributed by atoms with Crippen LogP contribution in [0.3, 0.4) is 0 Å². The maximum atomic E-state index is 12.6. The largest absolute Gasteiger partial charge is 0.573 e. The van der Waals surface area contributed by atoms with E-state index in [-0.39, 0.29) is 21.7 Å².